The van der Waals surface area contributed by atoms with Gasteiger partial charge in [0.1, 0.15) is 0 Å². The first-order chi connectivity index (χ1) is 9.60. The van der Waals surface area contributed by atoms with Crippen LogP contribution in [0.1, 0.15) is 32.6 Å². The molecule has 1 amide bonds. The highest BCUT2D eigenvalue weighted by molar-refractivity contribution is 7.11. The Balaban J connectivity index is 2.08. The summed E-state index contributed by atoms with van der Waals surface area (Å²) < 4.78 is 0. The van der Waals surface area contributed by atoms with E-state index in [0.29, 0.717) is 12.1 Å². The Hall–Kier alpha value is -1.81. The second-order valence-corrected chi connectivity index (χ2v) is 6.15. The number of hydrogen-bond acceptors (Lipinski definition) is 3. The summed E-state index contributed by atoms with van der Waals surface area (Å²) in [5.74, 6) is -0.0352. The Morgan fingerprint density at radius 1 is 1.20 bits per heavy atom. The fourth-order valence-electron chi connectivity index (χ4n) is 2.04. The van der Waals surface area contributed by atoms with Crippen LogP contribution in [-0.2, 0) is 6.54 Å². The number of anilines is 1. The van der Waals surface area contributed by atoms with Gasteiger partial charge in [-0.15, -0.1) is 11.3 Å². The van der Waals surface area contributed by atoms with E-state index in [4.69, 9.17) is 0 Å². The highest BCUT2D eigenvalue weighted by Crippen LogP contribution is 2.18. The largest absolute Gasteiger partial charge is 0.385 e. The van der Waals surface area contributed by atoms with Crippen LogP contribution >= 0.6 is 11.3 Å². The fraction of sp³-hybridized carbons (Fsp3) is 0.312. The molecule has 0 bridgehead atoms. The first-order valence-corrected chi connectivity index (χ1v) is 7.60. The minimum atomic E-state index is -0.0352. The van der Waals surface area contributed by atoms with E-state index in [1.165, 1.54) is 9.75 Å². The van der Waals surface area contributed by atoms with Gasteiger partial charge in [-0.1, -0.05) is 6.07 Å². The molecule has 2 aromatic rings. The smallest absolute Gasteiger partial charge is 0.253 e. The van der Waals surface area contributed by atoms with Crippen LogP contribution in [0.25, 0.3) is 0 Å². The van der Waals surface area contributed by atoms with E-state index in [1.54, 1.807) is 11.3 Å². The maximum atomic E-state index is 12.3. The summed E-state index contributed by atoms with van der Waals surface area (Å²) in [6.45, 7) is 7.50. The molecule has 4 heteroatoms. The van der Waals surface area contributed by atoms with Crippen molar-refractivity contribution in [1.29, 1.82) is 0 Å². The lowest BCUT2D eigenvalue weighted by Gasteiger charge is -2.11. The molecule has 0 aliphatic rings. The third kappa shape index (κ3) is 3.61. The van der Waals surface area contributed by atoms with Crippen LogP contribution < -0.4 is 10.6 Å². The number of aryl methyl sites for hydroxylation is 2. The van der Waals surface area contributed by atoms with Crippen LogP contribution in [-0.4, -0.2) is 12.5 Å². The number of amides is 1. The zero-order valence-electron chi connectivity index (χ0n) is 12.1. The van der Waals surface area contributed by atoms with Gasteiger partial charge in [-0.2, -0.15) is 0 Å². The van der Waals surface area contributed by atoms with Gasteiger partial charge in [0.05, 0.1) is 12.1 Å². The van der Waals surface area contributed by atoms with E-state index in [2.05, 4.69) is 29.7 Å². The maximum Gasteiger partial charge on any atom is 0.253 e. The van der Waals surface area contributed by atoms with Crippen molar-refractivity contribution < 1.29 is 4.79 Å². The molecule has 0 saturated heterocycles. The van der Waals surface area contributed by atoms with Crippen molar-refractivity contribution in [3.63, 3.8) is 0 Å². The predicted molar refractivity (Wildman–Crippen MR) is 85.6 cm³/mol. The number of carbonyl (C=O) groups is 1. The van der Waals surface area contributed by atoms with Gasteiger partial charge in [0.25, 0.3) is 5.91 Å². The topological polar surface area (TPSA) is 41.1 Å². The molecule has 3 nitrogen and oxygen atoms in total. The van der Waals surface area contributed by atoms with Gasteiger partial charge < -0.3 is 10.6 Å². The number of hydrogen-bond donors (Lipinski definition) is 2. The van der Waals surface area contributed by atoms with Gasteiger partial charge in [-0.3, -0.25) is 4.79 Å². The lowest BCUT2D eigenvalue weighted by molar-refractivity contribution is 0.0952. The fourth-order valence-corrected chi connectivity index (χ4v) is 2.87. The van der Waals surface area contributed by atoms with E-state index in [1.807, 2.05) is 32.0 Å². The molecule has 2 rings (SSSR count). The monoisotopic (exact) mass is 288 g/mol. The number of thiophene rings is 1. The SMILES string of the molecule is CCNc1cc(C)ccc1C(=O)NCc1ccc(C)s1. The standard InChI is InChI=1S/C16H20N2OS/c1-4-17-15-9-11(2)5-8-14(15)16(19)18-10-13-7-6-12(3)20-13/h5-9,17H,4,10H2,1-3H3,(H,18,19). The summed E-state index contributed by atoms with van der Waals surface area (Å²) in [7, 11) is 0. The van der Waals surface area contributed by atoms with Crippen LogP contribution in [0.15, 0.2) is 30.3 Å². The Morgan fingerprint density at radius 3 is 2.65 bits per heavy atom. The molecule has 0 aliphatic heterocycles. The molecular formula is C16H20N2OS. The van der Waals surface area contributed by atoms with E-state index in [-0.39, 0.29) is 5.91 Å². The molecule has 0 atom stereocenters. The van der Waals surface area contributed by atoms with Crippen molar-refractivity contribution in [3.05, 3.63) is 51.2 Å². The summed E-state index contributed by atoms with van der Waals surface area (Å²) >= 11 is 1.71. The predicted octanol–water partition coefficient (Wildman–Crippen LogP) is 3.73. The zero-order chi connectivity index (χ0) is 14.5. The first kappa shape index (κ1) is 14.6. The van der Waals surface area contributed by atoms with Gasteiger partial charge in [0.2, 0.25) is 0 Å². The molecule has 106 valence electrons. The van der Waals surface area contributed by atoms with Gasteiger partial charge in [-0.05, 0) is 50.6 Å². The molecule has 0 spiro atoms. The molecular weight excluding hydrogens is 268 g/mol. The van der Waals surface area contributed by atoms with Crippen molar-refractivity contribution in [1.82, 2.24) is 5.32 Å². The maximum absolute atomic E-state index is 12.3. The highest BCUT2D eigenvalue weighted by Gasteiger charge is 2.11. The van der Waals surface area contributed by atoms with Crippen molar-refractivity contribution in [2.24, 2.45) is 0 Å². The molecule has 1 aromatic carbocycles. The Kier molecular flexibility index (Phi) is 4.79. The van der Waals surface area contributed by atoms with E-state index < -0.39 is 0 Å². The van der Waals surface area contributed by atoms with Crippen LogP contribution in [0.2, 0.25) is 0 Å². The Bertz CT molecular complexity index is 604. The quantitative estimate of drug-likeness (QED) is 0.880. The molecule has 1 heterocycles. The lowest BCUT2D eigenvalue weighted by atomic mass is 10.1. The molecule has 20 heavy (non-hydrogen) atoms. The summed E-state index contributed by atoms with van der Waals surface area (Å²) in [5, 5.41) is 6.22. The van der Waals surface area contributed by atoms with Crippen LogP contribution in [0, 0.1) is 13.8 Å². The van der Waals surface area contributed by atoms with E-state index >= 15 is 0 Å². The average Bonchev–Trinajstić information content (AvgIpc) is 2.82. The third-order valence-electron chi connectivity index (χ3n) is 3.01. The second-order valence-electron chi connectivity index (χ2n) is 4.77. The molecule has 0 fully saturated rings. The molecule has 2 N–H and O–H groups in total. The zero-order valence-corrected chi connectivity index (χ0v) is 12.9. The Labute approximate surface area is 124 Å². The van der Waals surface area contributed by atoms with Gasteiger partial charge in [0.15, 0.2) is 0 Å². The van der Waals surface area contributed by atoms with Crippen molar-refractivity contribution in [2.45, 2.75) is 27.3 Å². The molecule has 0 unspecified atom stereocenters. The van der Waals surface area contributed by atoms with Gasteiger partial charge in [-0.25, -0.2) is 0 Å². The second kappa shape index (κ2) is 6.57. The summed E-state index contributed by atoms with van der Waals surface area (Å²) in [6.07, 6.45) is 0. The summed E-state index contributed by atoms with van der Waals surface area (Å²) in [4.78, 5) is 14.7. The van der Waals surface area contributed by atoms with Crippen LogP contribution in [0.5, 0.6) is 0 Å². The van der Waals surface area contributed by atoms with E-state index in [0.717, 1.165) is 17.8 Å². The van der Waals surface area contributed by atoms with Crippen molar-refractivity contribution in [3.8, 4) is 0 Å². The number of rotatable bonds is 5. The number of carbonyl (C=O) groups excluding carboxylic acids is 1. The third-order valence-corrected chi connectivity index (χ3v) is 4.01. The van der Waals surface area contributed by atoms with Crippen molar-refractivity contribution in [2.75, 3.05) is 11.9 Å². The number of nitrogens with one attached hydrogen (secondary N) is 2. The highest BCUT2D eigenvalue weighted by atomic mass is 32.1. The lowest BCUT2D eigenvalue weighted by Crippen LogP contribution is -2.23. The molecule has 0 radical (unpaired) electrons. The molecule has 0 saturated carbocycles. The van der Waals surface area contributed by atoms with Gasteiger partial charge in [0, 0.05) is 22.0 Å². The van der Waals surface area contributed by atoms with Crippen LogP contribution in [0.3, 0.4) is 0 Å². The minimum absolute atomic E-state index is 0.0352. The van der Waals surface area contributed by atoms with Gasteiger partial charge >= 0.3 is 0 Å². The number of benzene rings is 1. The normalized spacial score (nSPS) is 10.3. The minimum Gasteiger partial charge on any atom is -0.385 e. The Morgan fingerprint density at radius 2 is 2.00 bits per heavy atom. The average molecular weight is 288 g/mol. The summed E-state index contributed by atoms with van der Waals surface area (Å²) in [5.41, 5.74) is 2.74. The van der Waals surface area contributed by atoms with Crippen LogP contribution in [0.4, 0.5) is 5.69 Å². The van der Waals surface area contributed by atoms with Crippen molar-refractivity contribution >= 4 is 22.9 Å². The molecule has 0 aliphatic carbocycles. The first-order valence-electron chi connectivity index (χ1n) is 6.78. The summed E-state index contributed by atoms with van der Waals surface area (Å²) in [6, 6.07) is 9.98. The molecule has 1 aromatic heterocycles. The van der Waals surface area contributed by atoms with E-state index in [9.17, 15) is 4.79 Å².